The molecule has 0 atom stereocenters. The molecule has 2 rings (SSSR count). The van der Waals surface area contributed by atoms with Crippen LogP contribution < -0.4 is 4.74 Å². The molecule has 1 N–H and O–H groups in total. The van der Waals surface area contributed by atoms with Gasteiger partial charge in [0.2, 0.25) is 5.88 Å². The number of halogens is 1. The zero-order valence-corrected chi connectivity index (χ0v) is 13.2. The van der Waals surface area contributed by atoms with Gasteiger partial charge in [-0.1, -0.05) is 24.9 Å². The van der Waals surface area contributed by atoms with E-state index in [1.165, 1.54) is 0 Å². The van der Waals surface area contributed by atoms with Crippen molar-refractivity contribution >= 4 is 17.6 Å². The summed E-state index contributed by atoms with van der Waals surface area (Å²) < 4.78 is 5.41. The number of aryl methyl sites for hydroxylation is 1. The third-order valence-corrected chi connectivity index (χ3v) is 3.29. The molecule has 1 heterocycles. The molecule has 0 saturated carbocycles. The standard InChI is InChI=1S/C16H17ClN2O3/c1-3-5-12-13(16(20)21)15(22-4-2)19-14(18-12)10-6-8-11(17)9-7-10/h6-9H,3-5H2,1-2H3,(H,20,21). The first kappa shape index (κ1) is 16.2. The van der Waals surface area contributed by atoms with Gasteiger partial charge in [0.05, 0.1) is 12.3 Å². The van der Waals surface area contributed by atoms with E-state index in [9.17, 15) is 9.90 Å². The summed E-state index contributed by atoms with van der Waals surface area (Å²) in [6, 6.07) is 7.07. The summed E-state index contributed by atoms with van der Waals surface area (Å²) in [6.07, 6.45) is 1.33. The fourth-order valence-corrected chi connectivity index (χ4v) is 2.21. The van der Waals surface area contributed by atoms with Crippen LogP contribution in [0.1, 0.15) is 36.3 Å². The Morgan fingerprint density at radius 3 is 2.45 bits per heavy atom. The molecule has 0 fully saturated rings. The van der Waals surface area contributed by atoms with Crippen LogP contribution in [0.15, 0.2) is 24.3 Å². The van der Waals surface area contributed by atoms with Crippen LogP contribution in [0, 0.1) is 0 Å². The Kier molecular flexibility index (Phi) is 5.33. The van der Waals surface area contributed by atoms with Crippen molar-refractivity contribution in [1.82, 2.24) is 9.97 Å². The van der Waals surface area contributed by atoms with Crippen molar-refractivity contribution in [3.8, 4) is 17.3 Å². The fourth-order valence-electron chi connectivity index (χ4n) is 2.09. The van der Waals surface area contributed by atoms with Gasteiger partial charge in [0.15, 0.2) is 5.82 Å². The summed E-state index contributed by atoms with van der Waals surface area (Å²) >= 11 is 5.88. The number of carboxylic acid groups (broad SMARTS) is 1. The van der Waals surface area contributed by atoms with Crippen molar-refractivity contribution in [3.63, 3.8) is 0 Å². The maximum Gasteiger partial charge on any atom is 0.343 e. The van der Waals surface area contributed by atoms with Gasteiger partial charge in [-0.3, -0.25) is 0 Å². The number of hydrogen-bond donors (Lipinski definition) is 1. The van der Waals surface area contributed by atoms with Crippen molar-refractivity contribution in [1.29, 1.82) is 0 Å². The zero-order chi connectivity index (χ0) is 16.1. The van der Waals surface area contributed by atoms with Gasteiger partial charge < -0.3 is 9.84 Å². The van der Waals surface area contributed by atoms with Crippen LogP contribution in [-0.2, 0) is 6.42 Å². The van der Waals surface area contributed by atoms with E-state index in [0.717, 1.165) is 12.0 Å². The molecule has 0 radical (unpaired) electrons. The quantitative estimate of drug-likeness (QED) is 0.875. The molecule has 0 aliphatic carbocycles. The molecule has 22 heavy (non-hydrogen) atoms. The summed E-state index contributed by atoms with van der Waals surface area (Å²) in [5, 5.41) is 10.0. The van der Waals surface area contributed by atoms with Gasteiger partial charge in [-0.2, -0.15) is 4.98 Å². The van der Waals surface area contributed by atoms with E-state index in [1.807, 2.05) is 6.92 Å². The second-order valence-electron chi connectivity index (χ2n) is 4.67. The van der Waals surface area contributed by atoms with Gasteiger partial charge in [0, 0.05) is 10.6 Å². The number of aromatic nitrogens is 2. The van der Waals surface area contributed by atoms with Crippen LogP contribution in [0.3, 0.4) is 0 Å². The molecule has 0 aliphatic rings. The Balaban J connectivity index is 2.60. The number of rotatable bonds is 6. The van der Waals surface area contributed by atoms with E-state index in [2.05, 4.69) is 9.97 Å². The molecule has 5 nitrogen and oxygen atoms in total. The maximum absolute atomic E-state index is 11.5. The highest BCUT2D eigenvalue weighted by molar-refractivity contribution is 6.30. The monoisotopic (exact) mass is 320 g/mol. The summed E-state index contributed by atoms with van der Waals surface area (Å²) in [6.45, 7) is 4.09. The predicted octanol–water partition coefficient (Wildman–Crippen LogP) is 3.85. The average Bonchev–Trinajstić information content (AvgIpc) is 2.48. The van der Waals surface area contributed by atoms with Crippen molar-refractivity contribution in [2.45, 2.75) is 26.7 Å². The second-order valence-corrected chi connectivity index (χ2v) is 5.11. The zero-order valence-electron chi connectivity index (χ0n) is 12.5. The number of hydrogen-bond acceptors (Lipinski definition) is 4. The van der Waals surface area contributed by atoms with Gasteiger partial charge in [-0.05, 0) is 37.6 Å². The largest absolute Gasteiger partial charge is 0.477 e. The smallest absolute Gasteiger partial charge is 0.343 e. The van der Waals surface area contributed by atoms with Crippen LogP contribution in [0.25, 0.3) is 11.4 Å². The van der Waals surface area contributed by atoms with Crippen LogP contribution in [0.2, 0.25) is 5.02 Å². The van der Waals surface area contributed by atoms with Crippen LogP contribution in [0.5, 0.6) is 5.88 Å². The lowest BCUT2D eigenvalue weighted by atomic mass is 10.1. The third-order valence-electron chi connectivity index (χ3n) is 3.03. The maximum atomic E-state index is 11.5. The number of carboxylic acids is 1. The molecule has 0 amide bonds. The Morgan fingerprint density at radius 1 is 1.23 bits per heavy atom. The highest BCUT2D eigenvalue weighted by Crippen LogP contribution is 2.26. The molecule has 0 unspecified atom stereocenters. The van der Waals surface area contributed by atoms with E-state index in [4.69, 9.17) is 16.3 Å². The molecule has 116 valence electrons. The first-order chi connectivity index (χ1) is 10.6. The number of aromatic carboxylic acids is 1. The molecule has 1 aromatic carbocycles. The summed E-state index contributed by atoms with van der Waals surface area (Å²) in [4.78, 5) is 20.2. The minimum atomic E-state index is -1.07. The fraction of sp³-hybridized carbons (Fsp3) is 0.312. The molecular formula is C16H17ClN2O3. The first-order valence-corrected chi connectivity index (χ1v) is 7.47. The molecular weight excluding hydrogens is 304 g/mol. The molecule has 0 saturated heterocycles. The molecule has 6 heteroatoms. The van der Waals surface area contributed by atoms with E-state index >= 15 is 0 Å². The molecule has 0 aliphatic heterocycles. The van der Waals surface area contributed by atoms with E-state index in [-0.39, 0.29) is 11.4 Å². The van der Waals surface area contributed by atoms with Crippen LogP contribution in [0.4, 0.5) is 0 Å². The van der Waals surface area contributed by atoms with E-state index in [0.29, 0.717) is 29.6 Å². The van der Waals surface area contributed by atoms with Gasteiger partial charge >= 0.3 is 5.97 Å². The summed E-state index contributed by atoms with van der Waals surface area (Å²) in [7, 11) is 0. The topological polar surface area (TPSA) is 72.3 Å². The van der Waals surface area contributed by atoms with E-state index in [1.54, 1.807) is 31.2 Å². The van der Waals surface area contributed by atoms with Gasteiger partial charge in [-0.15, -0.1) is 0 Å². The van der Waals surface area contributed by atoms with Crippen molar-refractivity contribution in [3.05, 3.63) is 40.5 Å². The van der Waals surface area contributed by atoms with Crippen molar-refractivity contribution in [2.24, 2.45) is 0 Å². The summed E-state index contributed by atoms with van der Waals surface area (Å²) in [5.74, 6) is -0.526. The minimum Gasteiger partial charge on any atom is -0.477 e. The Hall–Kier alpha value is -2.14. The van der Waals surface area contributed by atoms with E-state index < -0.39 is 5.97 Å². The Bertz CT molecular complexity index is 645. The second kappa shape index (κ2) is 7.22. The predicted molar refractivity (Wildman–Crippen MR) is 84.6 cm³/mol. The lowest BCUT2D eigenvalue weighted by molar-refractivity contribution is 0.0689. The molecule has 1 aromatic heterocycles. The highest BCUT2D eigenvalue weighted by Gasteiger charge is 2.21. The van der Waals surface area contributed by atoms with Crippen LogP contribution >= 0.6 is 11.6 Å². The van der Waals surface area contributed by atoms with Gasteiger partial charge in [0.1, 0.15) is 5.56 Å². The van der Waals surface area contributed by atoms with Crippen molar-refractivity contribution in [2.75, 3.05) is 6.61 Å². The Morgan fingerprint density at radius 2 is 1.91 bits per heavy atom. The normalized spacial score (nSPS) is 10.5. The lowest BCUT2D eigenvalue weighted by Gasteiger charge is -2.12. The summed E-state index contributed by atoms with van der Waals surface area (Å²) in [5.41, 5.74) is 1.29. The molecule has 0 spiro atoms. The van der Waals surface area contributed by atoms with Gasteiger partial charge in [0.25, 0.3) is 0 Å². The molecule has 2 aromatic rings. The lowest BCUT2D eigenvalue weighted by Crippen LogP contribution is -2.12. The number of benzene rings is 1. The molecule has 0 bridgehead atoms. The first-order valence-electron chi connectivity index (χ1n) is 7.09. The van der Waals surface area contributed by atoms with Crippen molar-refractivity contribution < 1.29 is 14.6 Å². The SMILES string of the molecule is CCCc1nc(-c2ccc(Cl)cc2)nc(OCC)c1C(=O)O. The van der Waals surface area contributed by atoms with Gasteiger partial charge in [-0.25, -0.2) is 9.78 Å². The number of carbonyl (C=O) groups is 1. The Labute approximate surface area is 133 Å². The highest BCUT2D eigenvalue weighted by atomic mass is 35.5. The third kappa shape index (κ3) is 3.54. The number of nitrogens with zero attached hydrogens (tertiary/aromatic N) is 2. The van der Waals surface area contributed by atoms with Crippen LogP contribution in [-0.4, -0.2) is 27.7 Å². The minimum absolute atomic E-state index is 0.0430. The number of ether oxygens (including phenoxy) is 1. The average molecular weight is 321 g/mol.